The average molecular weight is 305 g/mol. The van der Waals surface area contributed by atoms with Crippen molar-refractivity contribution < 1.29 is 8.42 Å². The second-order valence-corrected chi connectivity index (χ2v) is 7.78. The molecule has 1 N–H and O–H groups in total. The Morgan fingerprint density at radius 1 is 1.10 bits per heavy atom. The van der Waals surface area contributed by atoms with Crippen LogP contribution in [0.3, 0.4) is 0 Å². The Kier molecular flexibility index (Phi) is 5.37. The first kappa shape index (κ1) is 16.0. The van der Waals surface area contributed by atoms with Gasteiger partial charge in [0, 0.05) is 12.3 Å². The van der Waals surface area contributed by atoms with E-state index in [9.17, 15) is 8.42 Å². The van der Waals surface area contributed by atoms with Gasteiger partial charge in [-0.15, -0.1) is 0 Å². The molecule has 0 saturated carbocycles. The van der Waals surface area contributed by atoms with Crippen LogP contribution in [0.2, 0.25) is 0 Å². The molecule has 0 aliphatic heterocycles. The fraction of sp³-hybridized carbons (Fsp3) is 0.412. The van der Waals surface area contributed by atoms with Crippen LogP contribution in [0.25, 0.3) is 10.8 Å². The third kappa shape index (κ3) is 4.83. The largest absolute Gasteiger partial charge is 0.314 e. The Morgan fingerprint density at radius 3 is 2.52 bits per heavy atom. The number of likely N-dealkylation sites (N-methyl/N-ethyl adjacent to an activating group) is 1. The first-order valence-electron chi connectivity index (χ1n) is 7.37. The maximum absolute atomic E-state index is 11.4. The first-order chi connectivity index (χ1) is 9.99. The van der Waals surface area contributed by atoms with Crippen molar-refractivity contribution in [1.29, 1.82) is 0 Å². The SMILES string of the molecule is CCNC(CCS(C)(=O)=O)Cc1cccc2ccccc12. The monoisotopic (exact) mass is 305 g/mol. The molecule has 2 rings (SSSR count). The van der Waals surface area contributed by atoms with E-state index in [4.69, 9.17) is 0 Å². The zero-order chi connectivity index (χ0) is 15.3. The van der Waals surface area contributed by atoms with E-state index < -0.39 is 9.84 Å². The highest BCUT2D eigenvalue weighted by Crippen LogP contribution is 2.20. The second-order valence-electron chi connectivity index (χ2n) is 5.52. The van der Waals surface area contributed by atoms with Crippen molar-refractivity contribution in [2.75, 3.05) is 18.6 Å². The lowest BCUT2D eigenvalue weighted by atomic mass is 9.98. The van der Waals surface area contributed by atoms with Gasteiger partial charge >= 0.3 is 0 Å². The van der Waals surface area contributed by atoms with Gasteiger partial charge in [-0.1, -0.05) is 49.4 Å². The summed E-state index contributed by atoms with van der Waals surface area (Å²) in [5.74, 6) is 0.232. The molecule has 1 atom stereocenters. The molecule has 0 fully saturated rings. The Bertz CT molecular complexity index is 690. The maximum atomic E-state index is 11.4. The van der Waals surface area contributed by atoms with E-state index in [0.717, 1.165) is 13.0 Å². The molecule has 3 nitrogen and oxygen atoms in total. The summed E-state index contributed by atoms with van der Waals surface area (Å²) >= 11 is 0. The molecule has 0 aliphatic carbocycles. The lowest BCUT2D eigenvalue weighted by molar-refractivity contribution is 0.507. The molecule has 0 radical (unpaired) electrons. The highest BCUT2D eigenvalue weighted by atomic mass is 32.2. The number of hydrogen-bond acceptors (Lipinski definition) is 3. The number of benzene rings is 2. The molecule has 0 saturated heterocycles. The zero-order valence-corrected chi connectivity index (χ0v) is 13.5. The normalized spacial score (nSPS) is 13.4. The Balaban J connectivity index is 2.18. The summed E-state index contributed by atoms with van der Waals surface area (Å²) in [6.07, 6.45) is 2.80. The summed E-state index contributed by atoms with van der Waals surface area (Å²) in [5, 5.41) is 5.89. The van der Waals surface area contributed by atoms with Gasteiger partial charge in [0.05, 0.1) is 5.75 Å². The average Bonchev–Trinajstić information content (AvgIpc) is 2.44. The quantitative estimate of drug-likeness (QED) is 0.855. The minimum absolute atomic E-state index is 0.190. The molecule has 0 aromatic heterocycles. The van der Waals surface area contributed by atoms with E-state index in [2.05, 4.69) is 42.6 Å². The molecule has 0 amide bonds. The summed E-state index contributed by atoms with van der Waals surface area (Å²) in [5.41, 5.74) is 1.27. The van der Waals surface area contributed by atoms with E-state index in [-0.39, 0.29) is 11.8 Å². The Hall–Kier alpha value is -1.39. The molecular weight excluding hydrogens is 282 g/mol. The lowest BCUT2D eigenvalue weighted by Crippen LogP contribution is -2.32. The molecule has 0 aliphatic rings. The molecule has 2 aromatic carbocycles. The van der Waals surface area contributed by atoms with Crippen LogP contribution in [0.4, 0.5) is 0 Å². The molecule has 0 bridgehead atoms. The second kappa shape index (κ2) is 7.05. The van der Waals surface area contributed by atoms with E-state index in [1.807, 2.05) is 12.1 Å². The van der Waals surface area contributed by atoms with E-state index in [0.29, 0.717) is 6.42 Å². The van der Waals surface area contributed by atoms with Gasteiger partial charge in [0.15, 0.2) is 0 Å². The summed E-state index contributed by atoms with van der Waals surface area (Å²) in [7, 11) is -2.91. The van der Waals surface area contributed by atoms with Crippen LogP contribution in [-0.4, -0.2) is 33.0 Å². The van der Waals surface area contributed by atoms with Gasteiger partial charge in [0.1, 0.15) is 9.84 Å². The third-order valence-electron chi connectivity index (χ3n) is 3.68. The van der Waals surface area contributed by atoms with Crippen molar-refractivity contribution in [3.8, 4) is 0 Å². The number of nitrogens with one attached hydrogen (secondary N) is 1. The van der Waals surface area contributed by atoms with E-state index >= 15 is 0 Å². The summed E-state index contributed by atoms with van der Waals surface area (Å²) in [6, 6.07) is 14.8. The van der Waals surface area contributed by atoms with Gasteiger partial charge in [-0.2, -0.15) is 0 Å². The van der Waals surface area contributed by atoms with Crippen LogP contribution in [0.15, 0.2) is 42.5 Å². The van der Waals surface area contributed by atoms with Crippen LogP contribution in [0.1, 0.15) is 18.9 Å². The Labute approximate surface area is 127 Å². The van der Waals surface area contributed by atoms with Gasteiger partial charge in [0.2, 0.25) is 0 Å². The van der Waals surface area contributed by atoms with Crippen molar-refractivity contribution >= 4 is 20.6 Å². The van der Waals surface area contributed by atoms with Crippen molar-refractivity contribution in [2.45, 2.75) is 25.8 Å². The molecule has 0 spiro atoms. The van der Waals surface area contributed by atoms with Gasteiger partial charge in [-0.25, -0.2) is 8.42 Å². The molecular formula is C17H23NO2S. The fourth-order valence-electron chi connectivity index (χ4n) is 2.66. The van der Waals surface area contributed by atoms with Crippen molar-refractivity contribution in [3.63, 3.8) is 0 Å². The number of hydrogen-bond donors (Lipinski definition) is 1. The minimum Gasteiger partial charge on any atom is -0.314 e. The van der Waals surface area contributed by atoms with E-state index in [1.165, 1.54) is 22.6 Å². The lowest BCUT2D eigenvalue weighted by Gasteiger charge is -2.18. The fourth-order valence-corrected chi connectivity index (χ4v) is 3.37. The predicted molar refractivity (Wildman–Crippen MR) is 89.4 cm³/mol. The zero-order valence-electron chi connectivity index (χ0n) is 12.7. The molecule has 21 heavy (non-hydrogen) atoms. The number of rotatable bonds is 7. The van der Waals surface area contributed by atoms with Gasteiger partial charge in [-0.05, 0) is 35.7 Å². The summed E-state index contributed by atoms with van der Waals surface area (Å²) in [6.45, 7) is 2.90. The van der Waals surface area contributed by atoms with Gasteiger partial charge in [0.25, 0.3) is 0 Å². The number of sulfone groups is 1. The van der Waals surface area contributed by atoms with Crippen molar-refractivity contribution in [2.24, 2.45) is 0 Å². The molecule has 114 valence electrons. The first-order valence-corrected chi connectivity index (χ1v) is 9.43. The molecule has 1 unspecified atom stereocenters. The van der Waals surface area contributed by atoms with Crippen molar-refractivity contribution in [1.82, 2.24) is 5.32 Å². The Morgan fingerprint density at radius 2 is 1.81 bits per heavy atom. The predicted octanol–water partition coefficient (Wildman–Crippen LogP) is 2.80. The van der Waals surface area contributed by atoms with Gasteiger partial charge < -0.3 is 5.32 Å². The van der Waals surface area contributed by atoms with Crippen LogP contribution >= 0.6 is 0 Å². The van der Waals surface area contributed by atoms with Crippen LogP contribution in [0.5, 0.6) is 0 Å². The highest BCUT2D eigenvalue weighted by molar-refractivity contribution is 7.90. The maximum Gasteiger partial charge on any atom is 0.147 e. The van der Waals surface area contributed by atoms with Crippen LogP contribution < -0.4 is 5.32 Å². The standard InChI is InChI=1S/C17H23NO2S/c1-3-18-16(11-12-21(2,19)20)13-15-9-6-8-14-7-4-5-10-17(14)15/h4-10,16,18H,3,11-13H2,1-2H3. The third-order valence-corrected chi connectivity index (χ3v) is 4.65. The molecule has 2 aromatic rings. The number of fused-ring (bicyclic) bond motifs is 1. The van der Waals surface area contributed by atoms with E-state index in [1.54, 1.807) is 0 Å². The summed E-state index contributed by atoms with van der Waals surface area (Å²) in [4.78, 5) is 0. The summed E-state index contributed by atoms with van der Waals surface area (Å²) < 4.78 is 22.8. The molecule has 0 heterocycles. The van der Waals surface area contributed by atoms with Crippen LogP contribution in [0, 0.1) is 0 Å². The smallest absolute Gasteiger partial charge is 0.147 e. The topological polar surface area (TPSA) is 46.2 Å². The minimum atomic E-state index is -2.91. The van der Waals surface area contributed by atoms with Gasteiger partial charge in [-0.3, -0.25) is 0 Å². The van der Waals surface area contributed by atoms with Crippen LogP contribution in [-0.2, 0) is 16.3 Å². The van der Waals surface area contributed by atoms with Crippen molar-refractivity contribution in [3.05, 3.63) is 48.0 Å². The highest BCUT2D eigenvalue weighted by Gasteiger charge is 2.13. The molecule has 4 heteroatoms.